The summed E-state index contributed by atoms with van der Waals surface area (Å²) in [6.07, 6.45) is 4.01. The van der Waals surface area contributed by atoms with E-state index < -0.39 is 0 Å². The maximum atomic E-state index is 2.51. The van der Waals surface area contributed by atoms with Crippen molar-refractivity contribution in [2.45, 2.75) is 32.7 Å². The normalized spacial score (nSPS) is 17.2. The molecule has 0 saturated heterocycles. The summed E-state index contributed by atoms with van der Waals surface area (Å²) >= 11 is 0. The van der Waals surface area contributed by atoms with Gasteiger partial charge in [0.2, 0.25) is 0 Å². The van der Waals surface area contributed by atoms with Gasteiger partial charge in [0, 0.05) is 25.3 Å². The van der Waals surface area contributed by atoms with Gasteiger partial charge in [0.15, 0.2) is 6.54 Å². The van der Waals surface area contributed by atoms with Crippen LogP contribution in [0.1, 0.15) is 31.7 Å². The number of hydrogen-bond acceptors (Lipinski definition) is 0. The van der Waals surface area contributed by atoms with E-state index in [9.17, 15) is 0 Å². The fourth-order valence-electron chi connectivity index (χ4n) is 2.05. The first-order valence-corrected chi connectivity index (χ1v) is 5.47. The van der Waals surface area contributed by atoms with Gasteiger partial charge in [-0.05, 0) is 6.42 Å². The van der Waals surface area contributed by atoms with Crippen LogP contribution in [0, 0.1) is 0 Å². The van der Waals surface area contributed by atoms with E-state index in [2.05, 4.69) is 41.8 Å². The fraction of sp³-hybridized carbons (Fsp3) is 0.462. The first kappa shape index (κ1) is 9.45. The van der Waals surface area contributed by atoms with E-state index in [1.54, 1.807) is 5.71 Å². The van der Waals surface area contributed by atoms with Crippen LogP contribution >= 0.6 is 0 Å². The maximum absolute atomic E-state index is 2.51. The van der Waals surface area contributed by atoms with Crippen molar-refractivity contribution in [1.29, 1.82) is 0 Å². The lowest BCUT2D eigenvalue weighted by Crippen LogP contribution is -2.24. The zero-order valence-electron chi connectivity index (χ0n) is 8.87. The molecular weight excluding hydrogens is 170 g/mol. The Bertz CT molecular complexity index is 324. The van der Waals surface area contributed by atoms with Crippen molar-refractivity contribution in [3.05, 3.63) is 35.9 Å². The summed E-state index contributed by atoms with van der Waals surface area (Å²) in [5.74, 6) is 0. The highest BCUT2D eigenvalue weighted by atomic mass is 15.0. The van der Waals surface area contributed by atoms with E-state index in [0.29, 0.717) is 0 Å². The van der Waals surface area contributed by atoms with Gasteiger partial charge >= 0.3 is 0 Å². The highest BCUT2D eigenvalue weighted by Crippen LogP contribution is 2.09. The van der Waals surface area contributed by atoms with Crippen LogP contribution in [0.4, 0.5) is 0 Å². The third-order valence-corrected chi connectivity index (χ3v) is 2.97. The van der Waals surface area contributed by atoms with Gasteiger partial charge in [-0.1, -0.05) is 30.3 Å². The Morgan fingerprint density at radius 3 is 2.64 bits per heavy atom. The Morgan fingerprint density at radius 2 is 1.93 bits per heavy atom. The molecule has 0 bridgehead atoms. The molecule has 0 radical (unpaired) electrons. The van der Waals surface area contributed by atoms with E-state index in [4.69, 9.17) is 0 Å². The molecule has 1 aromatic rings. The molecule has 0 aromatic heterocycles. The smallest absolute Gasteiger partial charge is 0.168 e. The predicted molar refractivity (Wildman–Crippen MR) is 59.8 cm³/mol. The average Bonchev–Trinajstić information content (AvgIpc) is 2.23. The van der Waals surface area contributed by atoms with Gasteiger partial charge in [-0.2, -0.15) is 0 Å². The lowest BCUT2D eigenvalue weighted by atomic mass is 10.1. The Kier molecular flexibility index (Phi) is 2.97. The van der Waals surface area contributed by atoms with Crippen LogP contribution in [-0.4, -0.2) is 16.8 Å². The van der Waals surface area contributed by atoms with E-state index in [0.717, 1.165) is 6.54 Å². The summed E-state index contributed by atoms with van der Waals surface area (Å²) in [6, 6.07) is 10.7. The molecule has 2 rings (SSSR count). The second-order valence-corrected chi connectivity index (χ2v) is 4.10. The average molecular weight is 188 g/mol. The number of rotatable bonds is 2. The molecule has 0 unspecified atom stereocenters. The van der Waals surface area contributed by atoms with Crippen molar-refractivity contribution >= 4 is 5.71 Å². The van der Waals surface area contributed by atoms with Crippen molar-refractivity contribution in [1.82, 2.24) is 0 Å². The molecule has 1 heterocycles. The van der Waals surface area contributed by atoms with Gasteiger partial charge in [-0.25, -0.2) is 4.58 Å². The third kappa shape index (κ3) is 2.22. The lowest BCUT2D eigenvalue weighted by Gasteiger charge is -2.12. The zero-order chi connectivity index (χ0) is 9.80. The second-order valence-electron chi connectivity index (χ2n) is 4.10. The van der Waals surface area contributed by atoms with Crippen LogP contribution in [0.15, 0.2) is 30.3 Å². The Labute approximate surface area is 86.1 Å². The van der Waals surface area contributed by atoms with Gasteiger partial charge in [-0.15, -0.1) is 0 Å². The van der Waals surface area contributed by atoms with Crippen molar-refractivity contribution in [3.63, 3.8) is 0 Å². The summed E-state index contributed by atoms with van der Waals surface area (Å²) in [6.45, 7) is 4.59. The number of nitrogens with zero attached hydrogens (tertiary/aromatic N) is 1. The molecule has 0 spiro atoms. The molecule has 1 heteroatoms. The first-order chi connectivity index (χ1) is 6.86. The highest BCUT2D eigenvalue weighted by molar-refractivity contribution is 5.77. The highest BCUT2D eigenvalue weighted by Gasteiger charge is 2.15. The Hall–Kier alpha value is -1.11. The monoisotopic (exact) mass is 188 g/mol. The minimum absolute atomic E-state index is 1.09. The topological polar surface area (TPSA) is 3.01 Å². The molecule has 0 atom stereocenters. The van der Waals surface area contributed by atoms with Crippen LogP contribution in [0.3, 0.4) is 0 Å². The van der Waals surface area contributed by atoms with Gasteiger partial charge in [-0.3, -0.25) is 0 Å². The molecule has 14 heavy (non-hydrogen) atoms. The first-order valence-electron chi connectivity index (χ1n) is 5.47. The van der Waals surface area contributed by atoms with E-state index >= 15 is 0 Å². The Morgan fingerprint density at radius 1 is 1.14 bits per heavy atom. The summed E-state index contributed by atoms with van der Waals surface area (Å²) in [4.78, 5) is 0. The molecule has 0 amide bonds. The minimum Gasteiger partial charge on any atom is -0.233 e. The van der Waals surface area contributed by atoms with Crippen LogP contribution in [0.5, 0.6) is 0 Å². The quantitative estimate of drug-likeness (QED) is 0.628. The molecular formula is C13H18N+. The molecule has 74 valence electrons. The molecule has 0 saturated carbocycles. The summed E-state index contributed by atoms with van der Waals surface area (Å²) in [7, 11) is 0. The van der Waals surface area contributed by atoms with Crippen molar-refractivity contribution in [2.75, 3.05) is 6.54 Å². The molecule has 0 fully saturated rings. The third-order valence-electron chi connectivity index (χ3n) is 2.97. The minimum atomic E-state index is 1.09. The molecule has 1 aliphatic rings. The van der Waals surface area contributed by atoms with E-state index in [1.807, 2.05) is 0 Å². The zero-order valence-corrected chi connectivity index (χ0v) is 8.87. The SMILES string of the molecule is CC1=[N+](Cc2ccccc2)CCCC1. The second kappa shape index (κ2) is 4.41. The van der Waals surface area contributed by atoms with Crippen LogP contribution in [0.25, 0.3) is 0 Å². The molecule has 1 aromatic carbocycles. The summed E-state index contributed by atoms with van der Waals surface area (Å²) < 4.78 is 2.51. The molecule has 0 aliphatic carbocycles. The standard InChI is InChI=1S/C13H18N/c1-12-7-5-6-10-14(12)11-13-8-3-2-4-9-13/h2-4,8-9H,5-7,10-11H2,1H3/q+1. The summed E-state index contributed by atoms with van der Waals surface area (Å²) in [5.41, 5.74) is 2.98. The van der Waals surface area contributed by atoms with Crippen molar-refractivity contribution in [3.8, 4) is 0 Å². The molecule has 1 aliphatic heterocycles. The van der Waals surface area contributed by atoms with Gasteiger partial charge in [0.05, 0.1) is 0 Å². The van der Waals surface area contributed by atoms with E-state index in [1.165, 1.54) is 31.4 Å². The number of hydrogen-bond donors (Lipinski definition) is 0. The fourth-order valence-corrected chi connectivity index (χ4v) is 2.05. The Balaban J connectivity index is 2.10. The summed E-state index contributed by atoms with van der Waals surface area (Å²) in [5, 5.41) is 0. The van der Waals surface area contributed by atoms with Crippen LogP contribution in [0.2, 0.25) is 0 Å². The largest absolute Gasteiger partial charge is 0.233 e. The van der Waals surface area contributed by atoms with Gasteiger partial charge in [0.25, 0.3) is 0 Å². The molecule has 0 N–H and O–H groups in total. The lowest BCUT2D eigenvalue weighted by molar-refractivity contribution is -0.549. The van der Waals surface area contributed by atoms with E-state index in [-0.39, 0.29) is 0 Å². The number of benzene rings is 1. The van der Waals surface area contributed by atoms with Crippen molar-refractivity contribution < 1.29 is 4.58 Å². The van der Waals surface area contributed by atoms with Crippen LogP contribution in [-0.2, 0) is 6.54 Å². The van der Waals surface area contributed by atoms with Gasteiger partial charge in [0.1, 0.15) is 12.3 Å². The van der Waals surface area contributed by atoms with Gasteiger partial charge < -0.3 is 0 Å². The van der Waals surface area contributed by atoms with Crippen LogP contribution < -0.4 is 0 Å². The molecule has 1 nitrogen and oxygen atoms in total. The maximum Gasteiger partial charge on any atom is 0.168 e. The van der Waals surface area contributed by atoms with Crippen molar-refractivity contribution in [2.24, 2.45) is 0 Å². The predicted octanol–water partition coefficient (Wildman–Crippen LogP) is 2.84.